The van der Waals surface area contributed by atoms with E-state index < -0.39 is 0 Å². The van der Waals surface area contributed by atoms with Gasteiger partial charge in [-0.05, 0) is 57.1 Å². The van der Waals surface area contributed by atoms with E-state index in [-0.39, 0.29) is 5.97 Å². The van der Waals surface area contributed by atoms with Gasteiger partial charge < -0.3 is 15.4 Å². The first-order chi connectivity index (χ1) is 9.49. The minimum atomic E-state index is -0.311. The van der Waals surface area contributed by atoms with Crippen molar-refractivity contribution in [1.29, 1.82) is 0 Å². The van der Waals surface area contributed by atoms with Crippen LogP contribution in [0.25, 0.3) is 0 Å². The fourth-order valence-corrected chi connectivity index (χ4v) is 2.00. The molecule has 4 nitrogen and oxygen atoms in total. The van der Waals surface area contributed by atoms with Gasteiger partial charge in [0.1, 0.15) is 0 Å². The van der Waals surface area contributed by atoms with Gasteiger partial charge in [0.2, 0.25) is 0 Å². The van der Waals surface area contributed by atoms with Crippen LogP contribution in [-0.2, 0) is 4.74 Å². The summed E-state index contributed by atoms with van der Waals surface area (Å²) in [6.07, 6.45) is 0.990. The van der Waals surface area contributed by atoms with Crippen molar-refractivity contribution in [3.05, 3.63) is 29.3 Å². The molecule has 1 atom stereocenters. The average molecular weight is 294 g/mol. The van der Waals surface area contributed by atoms with Crippen LogP contribution in [0.15, 0.2) is 18.2 Å². The zero-order valence-electron chi connectivity index (χ0n) is 12.4. The number of rotatable bonds is 5. The first-order valence-corrected chi connectivity index (χ1v) is 7.24. The Morgan fingerprint density at radius 2 is 2.10 bits per heavy atom. The lowest BCUT2D eigenvalue weighted by Gasteiger charge is -2.17. The Balaban J connectivity index is 2.84. The maximum atomic E-state index is 11.8. The molecule has 1 unspecified atom stereocenters. The van der Waals surface area contributed by atoms with Crippen LogP contribution in [0, 0.1) is 6.92 Å². The van der Waals surface area contributed by atoms with Gasteiger partial charge in [-0.2, -0.15) is 0 Å². The molecule has 0 bridgehead atoms. The van der Waals surface area contributed by atoms with Gasteiger partial charge in [-0.3, -0.25) is 0 Å². The Bertz CT molecular complexity index is 489. The number of carbonyl (C=O) groups is 1. The molecule has 0 aliphatic carbocycles. The topological polar surface area (TPSA) is 50.4 Å². The summed E-state index contributed by atoms with van der Waals surface area (Å²) in [5.74, 6) is -0.311. The summed E-state index contributed by atoms with van der Waals surface area (Å²) in [5, 5.41) is 6.87. The van der Waals surface area contributed by atoms with Crippen LogP contribution in [0.2, 0.25) is 0 Å². The van der Waals surface area contributed by atoms with Gasteiger partial charge in [0.25, 0.3) is 0 Å². The number of hydrogen-bond acceptors (Lipinski definition) is 3. The Kier molecular flexibility index (Phi) is 6.45. The van der Waals surface area contributed by atoms with Crippen LogP contribution in [0.5, 0.6) is 0 Å². The maximum Gasteiger partial charge on any atom is 0.338 e. The summed E-state index contributed by atoms with van der Waals surface area (Å²) in [4.78, 5) is 11.8. The zero-order chi connectivity index (χ0) is 15.1. The number of ether oxygens (including phenoxy) is 1. The Hall–Kier alpha value is -1.62. The largest absolute Gasteiger partial charge is 0.462 e. The molecule has 0 radical (unpaired) electrons. The minimum Gasteiger partial charge on any atom is -0.462 e. The highest BCUT2D eigenvalue weighted by atomic mass is 32.1. The standard InChI is InChI=1S/C15H22N2O2S/c1-5-10(3)16-15(20)17-13-9-7-8-12(11(13)4)14(18)19-6-2/h7-10H,5-6H2,1-4H3,(H2,16,17,20). The molecular weight excluding hydrogens is 272 g/mol. The van der Waals surface area contributed by atoms with Crippen molar-refractivity contribution in [3.8, 4) is 0 Å². The highest BCUT2D eigenvalue weighted by Gasteiger charge is 2.13. The first kappa shape index (κ1) is 16.4. The number of esters is 1. The first-order valence-electron chi connectivity index (χ1n) is 6.83. The van der Waals surface area contributed by atoms with Crippen molar-refractivity contribution in [3.63, 3.8) is 0 Å². The van der Waals surface area contributed by atoms with Gasteiger partial charge in [0, 0.05) is 11.7 Å². The van der Waals surface area contributed by atoms with E-state index in [1.165, 1.54) is 0 Å². The van der Waals surface area contributed by atoms with Gasteiger partial charge in [0.05, 0.1) is 12.2 Å². The van der Waals surface area contributed by atoms with E-state index >= 15 is 0 Å². The molecule has 0 saturated carbocycles. The lowest BCUT2D eigenvalue weighted by atomic mass is 10.1. The third-order valence-electron chi connectivity index (χ3n) is 3.07. The molecule has 0 fully saturated rings. The molecule has 20 heavy (non-hydrogen) atoms. The van der Waals surface area contributed by atoms with Crippen LogP contribution in [0.3, 0.4) is 0 Å². The lowest BCUT2D eigenvalue weighted by molar-refractivity contribution is 0.0525. The second-order valence-corrected chi connectivity index (χ2v) is 5.01. The van der Waals surface area contributed by atoms with Crippen molar-refractivity contribution < 1.29 is 9.53 Å². The molecule has 0 aliphatic heterocycles. The second-order valence-electron chi connectivity index (χ2n) is 4.61. The highest BCUT2D eigenvalue weighted by molar-refractivity contribution is 7.80. The number of anilines is 1. The molecule has 1 rings (SSSR count). The smallest absolute Gasteiger partial charge is 0.338 e. The molecule has 0 aliphatic rings. The molecule has 0 spiro atoms. The molecule has 2 N–H and O–H groups in total. The number of nitrogens with one attached hydrogen (secondary N) is 2. The zero-order valence-corrected chi connectivity index (χ0v) is 13.3. The fourth-order valence-electron chi connectivity index (χ4n) is 1.69. The Morgan fingerprint density at radius 3 is 2.70 bits per heavy atom. The van der Waals surface area contributed by atoms with Crippen LogP contribution in [0.4, 0.5) is 5.69 Å². The van der Waals surface area contributed by atoms with Gasteiger partial charge in [-0.1, -0.05) is 13.0 Å². The van der Waals surface area contributed by atoms with E-state index in [0.29, 0.717) is 23.3 Å². The molecule has 0 amide bonds. The van der Waals surface area contributed by atoms with Crippen LogP contribution < -0.4 is 10.6 Å². The normalized spacial score (nSPS) is 11.6. The maximum absolute atomic E-state index is 11.8. The van der Waals surface area contributed by atoms with Crippen LogP contribution >= 0.6 is 12.2 Å². The summed E-state index contributed by atoms with van der Waals surface area (Å²) >= 11 is 5.26. The molecule has 1 aromatic rings. The summed E-state index contributed by atoms with van der Waals surface area (Å²) in [7, 11) is 0. The molecular formula is C15H22N2O2S. The van der Waals surface area contributed by atoms with E-state index in [2.05, 4.69) is 24.5 Å². The number of hydrogen-bond donors (Lipinski definition) is 2. The number of benzene rings is 1. The van der Waals surface area contributed by atoms with Crippen molar-refractivity contribution in [1.82, 2.24) is 5.32 Å². The van der Waals surface area contributed by atoms with Crippen LogP contribution in [-0.4, -0.2) is 23.7 Å². The molecule has 1 aromatic carbocycles. The Morgan fingerprint density at radius 1 is 1.40 bits per heavy atom. The minimum absolute atomic E-state index is 0.309. The third-order valence-corrected chi connectivity index (χ3v) is 3.29. The Labute approximate surface area is 125 Å². The van der Waals surface area contributed by atoms with Gasteiger partial charge in [-0.25, -0.2) is 4.79 Å². The second kappa shape index (κ2) is 7.85. The molecule has 5 heteroatoms. The SMILES string of the molecule is CCOC(=O)c1cccc(NC(=S)NC(C)CC)c1C. The van der Waals surface area contributed by atoms with Crippen molar-refractivity contribution >= 4 is 29.0 Å². The van der Waals surface area contributed by atoms with Crippen molar-refractivity contribution in [2.24, 2.45) is 0 Å². The summed E-state index contributed by atoms with van der Waals surface area (Å²) in [6.45, 7) is 8.19. The van der Waals surface area contributed by atoms with Crippen molar-refractivity contribution in [2.45, 2.75) is 40.2 Å². The summed E-state index contributed by atoms with van der Waals surface area (Å²) in [5.41, 5.74) is 2.21. The van der Waals surface area contributed by atoms with E-state index in [0.717, 1.165) is 17.7 Å². The van der Waals surface area contributed by atoms with Crippen molar-refractivity contribution in [2.75, 3.05) is 11.9 Å². The molecule has 0 heterocycles. The average Bonchev–Trinajstić information content (AvgIpc) is 2.41. The quantitative estimate of drug-likeness (QED) is 0.645. The predicted octanol–water partition coefficient (Wildman–Crippen LogP) is 3.26. The van der Waals surface area contributed by atoms with E-state index in [1.807, 2.05) is 19.1 Å². The third kappa shape index (κ3) is 4.49. The predicted molar refractivity (Wildman–Crippen MR) is 86.2 cm³/mol. The van der Waals surface area contributed by atoms with Crippen LogP contribution in [0.1, 0.15) is 43.1 Å². The van der Waals surface area contributed by atoms with E-state index in [1.54, 1.807) is 13.0 Å². The lowest BCUT2D eigenvalue weighted by Crippen LogP contribution is -2.35. The molecule has 0 saturated heterocycles. The number of thiocarbonyl (C=S) groups is 1. The monoisotopic (exact) mass is 294 g/mol. The summed E-state index contributed by atoms with van der Waals surface area (Å²) < 4.78 is 5.04. The van der Waals surface area contributed by atoms with E-state index in [9.17, 15) is 4.79 Å². The summed E-state index contributed by atoms with van der Waals surface area (Å²) in [6, 6.07) is 5.77. The highest BCUT2D eigenvalue weighted by Crippen LogP contribution is 2.19. The molecule has 0 aromatic heterocycles. The van der Waals surface area contributed by atoms with Gasteiger partial charge in [0.15, 0.2) is 5.11 Å². The number of carbonyl (C=O) groups excluding carboxylic acids is 1. The van der Waals surface area contributed by atoms with Gasteiger partial charge in [-0.15, -0.1) is 0 Å². The van der Waals surface area contributed by atoms with Gasteiger partial charge >= 0.3 is 5.97 Å². The van der Waals surface area contributed by atoms with E-state index in [4.69, 9.17) is 17.0 Å². The fraction of sp³-hybridized carbons (Fsp3) is 0.467. The molecule has 110 valence electrons.